The van der Waals surface area contributed by atoms with Crippen LogP contribution >= 0.6 is 22.9 Å². The van der Waals surface area contributed by atoms with Crippen LogP contribution in [0.5, 0.6) is 11.5 Å². The summed E-state index contributed by atoms with van der Waals surface area (Å²) < 4.78 is 12.3. The molecule has 0 aliphatic heterocycles. The van der Waals surface area contributed by atoms with Gasteiger partial charge in [-0.2, -0.15) is 0 Å². The Morgan fingerprint density at radius 3 is 2.57 bits per heavy atom. The first kappa shape index (κ1) is 31.8. The molecule has 6 rings (SSSR count). The number of rotatable bonds is 9. The first-order valence-corrected chi connectivity index (χ1v) is 17.0. The molecule has 0 saturated carbocycles. The van der Waals surface area contributed by atoms with E-state index in [-0.39, 0.29) is 11.3 Å². The third kappa shape index (κ3) is 7.14. The number of nitrogens with one attached hydrogen (secondary N) is 1. The van der Waals surface area contributed by atoms with Crippen molar-refractivity contribution < 1.29 is 14.3 Å². The Labute approximate surface area is 280 Å². The second-order valence-corrected chi connectivity index (χ2v) is 14.3. The second kappa shape index (κ2) is 13.7. The van der Waals surface area contributed by atoms with E-state index in [1.807, 2.05) is 55.6 Å². The number of aliphatic imine (C=N–C) groups is 1. The van der Waals surface area contributed by atoms with Gasteiger partial charge in [-0.15, -0.1) is 11.3 Å². The zero-order chi connectivity index (χ0) is 32.3. The SMILES string of the molecule is CCOc1cc(C=Nc2sc3c(c2C(=O)Nc2ccc(Cl)cc2)CC[C@H](C(C)(C)C)C3)ccc1OCc1cccc2ccccc12. The molecule has 1 aromatic heterocycles. The summed E-state index contributed by atoms with van der Waals surface area (Å²) in [4.78, 5) is 19.9. The van der Waals surface area contributed by atoms with E-state index in [0.29, 0.717) is 46.9 Å². The summed E-state index contributed by atoms with van der Waals surface area (Å²) in [6.45, 7) is 9.80. The van der Waals surface area contributed by atoms with E-state index in [1.54, 1.807) is 23.5 Å². The minimum atomic E-state index is -0.145. The van der Waals surface area contributed by atoms with E-state index in [4.69, 9.17) is 26.1 Å². The van der Waals surface area contributed by atoms with Gasteiger partial charge < -0.3 is 14.8 Å². The lowest BCUT2D eigenvalue weighted by molar-refractivity contribution is 0.102. The molecule has 0 spiro atoms. The average molecular weight is 651 g/mol. The molecule has 0 unspecified atom stereocenters. The van der Waals surface area contributed by atoms with Gasteiger partial charge in [-0.3, -0.25) is 4.79 Å². The maximum Gasteiger partial charge on any atom is 0.259 e. The fraction of sp³-hybridized carbons (Fsp3) is 0.282. The van der Waals surface area contributed by atoms with Gasteiger partial charge in [0.1, 0.15) is 11.6 Å². The molecule has 0 radical (unpaired) electrons. The molecule has 0 fully saturated rings. The maximum absolute atomic E-state index is 13.7. The number of ether oxygens (including phenoxy) is 2. The van der Waals surface area contributed by atoms with Crippen LogP contribution in [0.15, 0.2) is 89.9 Å². The van der Waals surface area contributed by atoms with E-state index < -0.39 is 0 Å². The summed E-state index contributed by atoms with van der Waals surface area (Å²) in [5.74, 6) is 1.74. The number of carbonyl (C=O) groups excluding carboxylic acids is 1. The maximum atomic E-state index is 13.7. The third-order valence-corrected chi connectivity index (χ3v) is 10.1. The molecule has 5 aromatic rings. The molecule has 1 amide bonds. The number of hydrogen-bond donors (Lipinski definition) is 1. The van der Waals surface area contributed by atoms with E-state index in [9.17, 15) is 4.79 Å². The first-order chi connectivity index (χ1) is 22.2. The number of fused-ring (bicyclic) bond motifs is 2. The smallest absolute Gasteiger partial charge is 0.259 e. The first-order valence-electron chi connectivity index (χ1n) is 15.8. The predicted molar refractivity (Wildman–Crippen MR) is 192 cm³/mol. The van der Waals surface area contributed by atoms with Crippen LogP contribution in [0.3, 0.4) is 0 Å². The Hall–Kier alpha value is -4.13. The molecule has 1 heterocycles. The van der Waals surface area contributed by atoms with Gasteiger partial charge in [0.15, 0.2) is 11.5 Å². The van der Waals surface area contributed by atoms with Gasteiger partial charge in [0.25, 0.3) is 5.91 Å². The molecule has 1 N–H and O–H groups in total. The van der Waals surface area contributed by atoms with Crippen LogP contribution in [0.2, 0.25) is 5.02 Å². The fourth-order valence-electron chi connectivity index (χ4n) is 6.06. The van der Waals surface area contributed by atoms with E-state index in [1.165, 1.54) is 15.6 Å². The number of halogens is 1. The van der Waals surface area contributed by atoms with Gasteiger partial charge in [0.2, 0.25) is 0 Å². The highest BCUT2D eigenvalue weighted by Crippen LogP contribution is 2.45. The van der Waals surface area contributed by atoms with E-state index in [0.717, 1.165) is 41.0 Å². The number of thiophene rings is 1. The molecule has 46 heavy (non-hydrogen) atoms. The van der Waals surface area contributed by atoms with Crippen LogP contribution in [0.1, 0.15) is 66.0 Å². The minimum absolute atomic E-state index is 0.145. The van der Waals surface area contributed by atoms with Crippen molar-refractivity contribution in [2.45, 2.75) is 53.6 Å². The summed E-state index contributed by atoms with van der Waals surface area (Å²) >= 11 is 7.71. The zero-order valence-electron chi connectivity index (χ0n) is 26.7. The lowest BCUT2D eigenvalue weighted by Gasteiger charge is -2.33. The Kier molecular flexibility index (Phi) is 9.48. The van der Waals surface area contributed by atoms with Crippen molar-refractivity contribution in [3.05, 3.63) is 117 Å². The number of benzene rings is 4. The third-order valence-electron chi connectivity index (χ3n) is 8.66. The topological polar surface area (TPSA) is 59.9 Å². The molecular weight excluding hydrogens is 612 g/mol. The number of carbonyl (C=O) groups is 1. The molecule has 1 aliphatic rings. The molecule has 4 aromatic carbocycles. The minimum Gasteiger partial charge on any atom is -0.490 e. The Morgan fingerprint density at radius 2 is 1.78 bits per heavy atom. The van der Waals surface area contributed by atoms with Crippen molar-refractivity contribution in [1.29, 1.82) is 0 Å². The van der Waals surface area contributed by atoms with Crippen molar-refractivity contribution >= 4 is 56.5 Å². The summed E-state index contributed by atoms with van der Waals surface area (Å²) in [5, 5.41) is 6.78. The number of hydrogen-bond acceptors (Lipinski definition) is 5. The summed E-state index contributed by atoms with van der Waals surface area (Å²) in [6.07, 6.45) is 4.69. The molecule has 5 nitrogen and oxygen atoms in total. The van der Waals surface area contributed by atoms with Crippen LogP contribution in [0, 0.1) is 11.3 Å². The zero-order valence-corrected chi connectivity index (χ0v) is 28.3. The lowest BCUT2D eigenvalue weighted by Crippen LogP contribution is -2.27. The number of nitrogens with zero attached hydrogens (tertiary/aromatic N) is 1. The Morgan fingerprint density at radius 1 is 1.00 bits per heavy atom. The lowest BCUT2D eigenvalue weighted by atomic mass is 9.72. The van der Waals surface area contributed by atoms with Crippen molar-refractivity contribution in [1.82, 2.24) is 0 Å². The Bertz CT molecular complexity index is 1880. The molecule has 7 heteroatoms. The highest BCUT2D eigenvalue weighted by Gasteiger charge is 2.33. The second-order valence-electron chi connectivity index (χ2n) is 12.8. The molecule has 1 aliphatic carbocycles. The van der Waals surface area contributed by atoms with Crippen LogP contribution in [-0.2, 0) is 19.4 Å². The largest absolute Gasteiger partial charge is 0.490 e. The molecule has 0 bridgehead atoms. The summed E-state index contributed by atoms with van der Waals surface area (Å²) in [7, 11) is 0. The van der Waals surface area contributed by atoms with Gasteiger partial charge >= 0.3 is 0 Å². The van der Waals surface area contributed by atoms with Gasteiger partial charge in [-0.1, -0.05) is 74.8 Å². The predicted octanol–water partition coefficient (Wildman–Crippen LogP) is 10.7. The van der Waals surface area contributed by atoms with Crippen molar-refractivity contribution in [3.63, 3.8) is 0 Å². The standard InChI is InChI=1S/C39H39ClN2O3S/c1-5-44-34-21-25(13-20-33(34)45-24-27-11-8-10-26-9-6-7-12-31(26)27)23-41-38-36(37(43)42-30-17-15-29(40)16-18-30)32-19-14-28(39(2,3)4)22-35(32)46-38/h6-13,15-18,20-21,23,28H,5,14,19,22,24H2,1-4H3,(H,42,43)/t28-/m0/s1. The van der Waals surface area contributed by atoms with Gasteiger partial charge in [0.05, 0.1) is 12.2 Å². The highest BCUT2D eigenvalue weighted by molar-refractivity contribution is 7.16. The van der Waals surface area contributed by atoms with Crippen LogP contribution < -0.4 is 14.8 Å². The normalized spacial score (nSPS) is 14.8. The molecule has 0 saturated heterocycles. The summed E-state index contributed by atoms with van der Waals surface area (Å²) in [6, 6.07) is 27.6. The van der Waals surface area contributed by atoms with Crippen LogP contribution in [0.25, 0.3) is 10.8 Å². The van der Waals surface area contributed by atoms with Crippen molar-refractivity contribution in [3.8, 4) is 11.5 Å². The number of anilines is 1. The summed E-state index contributed by atoms with van der Waals surface area (Å²) in [5.41, 5.74) is 4.67. The Balaban J connectivity index is 1.27. The van der Waals surface area contributed by atoms with Crippen molar-refractivity contribution in [2.24, 2.45) is 16.3 Å². The molecule has 1 atom stereocenters. The molecular formula is C39H39ClN2O3S. The van der Waals surface area contributed by atoms with E-state index in [2.05, 4.69) is 56.4 Å². The number of amides is 1. The van der Waals surface area contributed by atoms with Gasteiger partial charge in [-0.05, 0) is 107 Å². The van der Waals surface area contributed by atoms with Gasteiger partial charge in [-0.25, -0.2) is 4.99 Å². The highest BCUT2D eigenvalue weighted by atomic mass is 35.5. The average Bonchev–Trinajstić information content (AvgIpc) is 3.42. The fourth-order valence-corrected chi connectivity index (χ4v) is 7.46. The van der Waals surface area contributed by atoms with Gasteiger partial charge in [0, 0.05) is 21.8 Å². The monoisotopic (exact) mass is 650 g/mol. The van der Waals surface area contributed by atoms with Crippen molar-refractivity contribution in [2.75, 3.05) is 11.9 Å². The van der Waals surface area contributed by atoms with E-state index >= 15 is 0 Å². The molecule has 236 valence electrons. The van der Waals surface area contributed by atoms with Crippen LogP contribution in [-0.4, -0.2) is 18.7 Å². The quantitative estimate of drug-likeness (QED) is 0.161. The van der Waals surface area contributed by atoms with Crippen LogP contribution in [0.4, 0.5) is 10.7 Å².